The highest BCUT2D eigenvalue weighted by Crippen LogP contribution is 2.43. The van der Waals surface area contributed by atoms with Crippen LogP contribution in [0, 0.1) is 0 Å². The fraction of sp³-hybridized carbons (Fsp3) is 0.185. The van der Waals surface area contributed by atoms with Gasteiger partial charge in [-0.05, 0) is 61.9 Å². The summed E-state index contributed by atoms with van der Waals surface area (Å²) in [7, 11) is 1.45. The van der Waals surface area contributed by atoms with E-state index < -0.39 is 17.7 Å². The number of ketones is 1. The SMILES string of the molecule is COc1ccc(Cl)cc1/C(O)=C1\C(=O)C(=O)N(c2ccc(OC(C)C)cc2)C1c1ccccc1. The van der Waals surface area contributed by atoms with Gasteiger partial charge in [-0.25, -0.2) is 0 Å². The number of rotatable bonds is 6. The summed E-state index contributed by atoms with van der Waals surface area (Å²) in [6.07, 6.45) is -0.00271. The van der Waals surface area contributed by atoms with Crippen LogP contribution in [0.5, 0.6) is 11.5 Å². The largest absolute Gasteiger partial charge is 0.507 e. The van der Waals surface area contributed by atoms with Gasteiger partial charge < -0.3 is 14.6 Å². The van der Waals surface area contributed by atoms with E-state index in [0.717, 1.165) is 0 Å². The smallest absolute Gasteiger partial charge is 0.300 e. The first kappa shape index (κ1) is 23.4. The topological polar surface area (TPSA) is 76.1 Å². The number of halogens is 1. The fourth-order valence-corrected chi connectivity index (χ4v) is 4.19. The van der Waals surface area contributed by atoms with Crippen LogP contribution in [0.1, 0.15) is 31.0 Å². The molecule has 0 aromatic heterocycles. The van der Waals surface area contributed by atoms with Crippen LogP contribution in [-0.2, 0) is 9.59 Å². The summed E-state index contributed by atoms with van der Waals surface area (Å²) in [4.78, 5) is 27.9. The molecule has 4 rings (SSSR count). The molecule has 0 spiro atoms. The molecule has 0 radical (unpaired) electrons. The number of ether oxygens (including phenoxy) is 2. The minimum Gasteiger partial charge on any atom is -0.507 e. The standard InChI is InChI=1S/C27H24ClNO5/c1-16(2)34-20-12-10-19(11-13-20)29-24(17-7-5-4-6-8-17)23(26(31)27(29)32)25(30)21-15-18(28)9-14-22(21)33-3/h4-16,24,30H,1-3H3/b25-23+. The van der Waals surface area contributed by atoms with Crippen LogP contribution in [-0.4, -0.2) is 30.0 Å². The van der Waals surface area contributed by atoms with Gasteiger partial charge in [0.1, 0.15) is 17.3 Å². The molecule has 1 unspecified atom stereocenters. The molecule has 3 aromatic rings. The molecule has 1 fully saturated rings. The Hall–Kier alpha value is -3.77. The molecular formula is C27H24ClNO5. The van der Waals surface area contributed by atoms with E-state index in [1.54, 1.807) is 36.4 Å². The number of carbonyl (C=O) groups excluding carboxylic acids is 2. The summed E-state index contributed by atoms with van der Waals surface area (Å²) in [5.41, 5.74) is 1.37. The van der Waals surface area contributed by atoms with Gasteiger partial charge in [0.2, 0.25) is 0 Å². The van der Waals surface area contributed by atoms with E-state index in [2.05, 4.69) is 0 Å². The van der Waals surface area contributed by atoms with Crippen molar-refractivity contribution in [3.8, 4) is 11.5 Å². The van der Waals surface area contributed by atoms with Crippen LogP contribution in [0.3, 0.4) is 0 Å². The summed E-state index contributed by atoms with van der Waals surface area (Å²) in [6.45, 7) is 3.85. The third-order valence-corrected chi connectivity index (χ3v) is 5.70. The monoisotopic (exact) mass is 477 g/mol. The second-order valence-corrected chi connectivity index (χ2v) is 8.52. The second-order valence-electron chi connectivity index (χ2n) is 8.08. The van der Waals surface area contributed by atoms with Crippen molar-refractivity contribution < 1.29 is 24.2 Å². The average Bonchev–Trinajstić information content (AvgIpc) is 3.10. The number of anilines is 1. The summed E-state index contributed by atoms with van der Waals surface area (Å²) in [5.74, 6) is -0.913. The molecule has 6 nitrogen and oxygen atoms in total. The maximum Gasteiger partial charge on any atom is 0.300 e. The van der Waals surface area contributed by atoms with Crippen LogP contribution in [0.4, 0.5) is 5.69 Å². The molecule has 0 bridgehead atoms. The van der Waals surface area contributed by atoms with Crippen LogP contribution in [0.15, 0.2) is 78.4 Å². The lowest BCUT2D eigenvalue weighted by Crippen LogP contribution is -2.29. The van der Waals surface area contributed by atoms with E-state index in [9.17, 15) is 14.7 Å². The first-order chi connectivity index (χ1) is 16.3. The van der Waals surface area contributed by atoms with Gasteiger partial charge in [0, 0.05) is 10.7 Å². The number of methoxy groups -OCH3 is 1. The molecule has 1 amide bonds. The van der Waals surface area contributed by atoms with Gasteiger partial charge >= 0.3 is 0 Å². The molecule has 0 saturated carbocycles. The minimum atomic E-state index is -0.846. The van der Waals surface area contributed by atoms with E-state index in [1.165, 1.54) is 18.1 Å². The molecule has 1 aliphatic rings. The van der Waals surface area contributed by atoms with Gasteiger partial charge in [0.15, 0.2) is 0 Å². The summed E-state index contributed by atoms with van der Waals surface area (Å²) in [6, 6.07) is 19.9. The summed E-state index contributed by atoms with van der Waals surface area (Å²) in [5, 5.41) is 11.7. The Balaban J connectivity index is 1.89. The van der Waals surface area contributed by atoms with E-state index in [0.29, 0.717) is 27.8 Å². The van der Waals surface area contributed by atoms with Crippen LogP contribution in [0.2, 0.25) is 5.02 Å². The second kappa shape index (κ2) is 9.61. The highest BCUT2D eigenvalue weighted by atomic mass is 35.5. The number of hydrogen-bond acceptors (Lipinski definition) is 5. The van der Waals surface area contributed by atoms with E-state index in [4.69, 9.17) is 21.1 Å². The average molecular weight is 478 g/mol. The first-order valence-electron chi connectivity index (χ1n) is 10.8. The molecule has 1 atom stereocenters. The van der Waals surface area contributed by atoms with Gasteiger partial charge in [0.05, 0.1) is 30.4 Å². The number of aliphatic hydroxyl groups excluding tert-OH is 1. The Kier molecular flexibility index (Phi) is 6.61. The van der Waals surface area contributed by atoms with Gasteiger partial charge in [0.25, 0.3) is 11.7 Å². The predicted molar refractivity (Wildman–Crippen MR) is 131 cm³/mol. The van der Waals surface area contributed by atoms with E-state index >= 15 is 0 Å². The quantitative estimate of drug-likeness (QED) is 0.277. The highest BCUT2D eigenvalue weighted by molar-refractivity contribution is 6.51. The third-order valence-electron chi connectivity index (χ3n) is 5.46. The van der Waals surface area contributed by atoms with Crippen molar-refractivity contribution in [1.29, 1.82) is 0 Å². The zero-order valence-corrected chi connectivity index (χ0v) is 19.7. The lowest BCUT2D eigenvalue weighted by atomic mass is 9.95. The molecule has 1 heterocycles. The number of benzene rings is 3. The molecule has 1 saturated heterocycles. The third kappa shape index (κ3) is 4.37. The summed E-state index contributed by atoms with van der Waals surface area (Å²) >= 11 is 6.15. The first-order valence-corrected chi connectivity index (χ1v) is 11.2. The molecular weight excluding hydrogens is 454 g/mol. The molecule has 0 aliphatic carbocycles. The zero-order valence-electron chi connectivity index (χ0n) is 19.0. The molecule has 1 aliphatic heterocycles. The van der Waals surface area contributed by atoms with E-state index in [-0.39, 0.29) is 23.0 Å². The number of hydrogen-bond donors (Lipinski definition) is 1. The van der Waals surface area contributed by atoms with Crippen molar-refractivity contribution in [1.82, 2.24) is 0 Å². The number of carbonyl (C=O) groups is 2. The van der Waals surface area contributed by atoms with Crippen molar-refractivity contribution in [3.63, 3.8) is 0 Å². The Morgan fingerprint density at radius 1 is 1.00 bits per heavy atom. The van der Waals surface area contributed by atoms with Gasteiger partial charge in [-0.3, -0.25) is 14.5 Å². The summed E-state index contributed by atoms with van der Waals surface area (Å²) < 4.78 is 11.1. The fourth-order valence-electron chi connectivity index (χ4n) is 4.02. The maximum absolute atomic E-state index is 13.3. The van der Waals surface area contributed by atoms with Crippen LogP contribution in [0.25, 0.3) is 5.76 Å². The number of amides is 1. The molecule has 1 N–H and O–H groups in total. The van der Waals surface area contributed by atoms with Crippen molar-refractivity contribution >= 4 is 34.7 Å². The van der Waals surface area contributed by atoms with Crippen LogP contribution < -0.4 is 14.4 Å². The normalized spacial score (nSPS) is 17.3. The highest BCUT2D eigenvalue weighted by Gasteiger charge is 2.47. The molecule has 7 heteroatoms. The Morgan fingerprint density at radius 2 is 1.68 bits per heavy atom. The molecule has 3 aromatic carbocycles. The lowest BCUT2D eigenvalue weighted by molar-refractivity contribution is -0.132. The van der Waals surface area contributed by atoms with Crippen molar-refractivity contribution in [2.75, 3.05) is 12.0 Å². The van der Waals surface area contributed by atoms with Gasteiger partial charge in [-0.1, -0.05) is 41.9 Å². The number of aliphatic hydroxyl groups is 1. The van der Waals surface area contributed by atoms with Crippen molar-refractivity contribution in [2.24, 2.45) is 0 Å². The zero-order chi connectivity index (χ0) is 24.4. The maximum atomic E-state index is 13.3. The van der Waals surface area contributed by atoms with Gasteiger partial charge in [-0.15, -0.1) is 0 Å². The predicted octanol–water partition coefficient (Wildman–Crippen LogP) is 5.76. The number of Topliss-reactive ketones (excluding diaryl/α,β-unsaturated/α-hetero) is 1. The van der Waals surface area contributed by atoms with Crippen molar-refractivity contribution in [3.05, 3.63) is 94.5 Å². The molecule has 34 heavy (non-hydrogen) atoms. The van der Waals surface area contributed by atoms with Gasteiger partial charge in [-0.2, -0.15) is 0 Å². The van der Waals surface area contributed by atoms with Crippen molar-refractivity contribution in [2.45, 2.75) is 26.0 Å². The van der Waals surface area contributed by atoms with Crippen LogP contribution >= 0.6 is 11.6 Å². The minimum absolute atomic E-state index is 0.00271. The Labute approximate surface area is 203 Å². The molecule has 174 valence electrons. The Morgan fingerprint density at radius 3 is 2.29 bits per heavy atom. The Bertz CT molecular complexity index is 1250. The van der Waals surface area contributed by atoms with E-state index in [1.807, 2.05) is 44.2 Å². The number of nitrogens with zero attached hydrogens (tertiary/aromatic N) is 1. The lowest BCUT2D eigenvalue weighted by Gasteiger charge is -2.26.